The zero-order valence-electron chi connectivity index (χ0n) is 15.8. The summed E-state index contributed by atoms with van der Waals surface area (Å²) in [5.74, 6) is -0.985. The Morgan fingerprint density at radius 2 is 1.65 bits per heavy atom. The Hall–Kier alpha value is -3.00. The molecule has 0 atom stereocenters. The summed E-state index contributed by atoms with van der Waals surface area (Å²) >= 11 is 12.3. The zero-order valence-corrected chi connectivity index (χ0v) is 18.1. The molecule has 0 saturated heterocycles. The van der Waals surface area contributed by atoms with Crippen molar-refractivity contribution in [2.45, 2.75) is 16.4 Å². The van der Waals surface area contributed by atoms with Gasteiger partial charge in [0.1, 0.15) is 22.9 Å². The summed E-state index contributed by atoms with van der Waals surface area (Å²) < 4.78 is 32.1. The Kier molecular flexibility index (Phi) is 5.66. The maximum atomic E-state index is 13.2. The number of carboxylic acid groups (broad SMARTS) is 1. The highest BCUT2D eigenvalue weighted by Gasteiger charge is 2.29. The number of ether oxygens (including phenoxy) is 1. The van der Waals surface area contributed by atoms with Gasteiger partial charge in [-0.2, -0.15) is 0 Å². The molecule has 2 N–H and O–H groups in total. The maximum absolute atomic E-state index is 13.2. The fraction of sp³-hybridized carbons (Fsp3) is 0.0455. The van der Waals surface area contributed by atoms with Gasteiger partial charge in [-0.05, 0) is 36.4 Å². The van der Waals surface area contributed by atoms with E-state index in [1.165, 1.54) is 24.3 Å². The Balaban J connectivity index is 1.76. The molecule has 4 aromatic rings. The van der Waals surface area contributed by atoms with E-state index >= 15 is 0 Å². The minimum atomic E-state index is -4.07. The minimum absolute atomic E-state index is 0.00656. The van der Waals surface area contributed by atoms with Gasteiger partial charge in [-0.1, -0.05) is 47.5 Å². The second-order valence-electron chi connectivity index (χ2n) is 6.65. The number of rotatable bonds is 6. The summed E-state index contributed by atoms with van der Waals surface area (Å²) in [5, 5.41) is 10.8. The van der Waals surface area contributed by atoms with Crippen LogP contribution < -0.4 is 4.74 Å². The normalized spacial score (nSPS) is 11.5. The molecule has 0 saturated carbocycles. The van der Waals surface area contributed by atoms with Gasteiger partial charge in [0.05, 0.1) is 10.4 Å². The number of hydrogen-bond donors (Lipinski definition) is 2. The fourth-order valence-electron chi connectivity index (χ4n) is 3.21. The monoisotopic (exact) mass is 475 g/mol. The number of aromatic nitrogens is 1. The van der Waals surface area contributed by atoms with E-state index in [2.05, 4.69) is 4.98 Å². The highest BCUT2D eigenvalue weighted by atomic mass is 35.5. The lowest BCUT2D eigenvalue weighted by atomic mass is 10.2. The van der Waals surface area contributed by atoms with E-state index < -0.39 is 21.5 Å². The first-order chi connectivity index (χ1) is 14.8. The third kappa shape index (κ3) is 3.99. The second kappa shape index (κ2) is 8.26. The summed E-state index contributed by atoms with van der Waals surface area (Å²) in [6.07, 6.45) is 0. The van der Waals surface area contributed by atoms with E-state index in [1.54, 1.807) is 42.5 Å². The van der Waals surface area contributed by atoms with Crippen molar-refractivity contribution in [3.63, 3.8) is 0 Å². The number of aromatic carboxylic acids is 1. The first kappa shape index (κ1) is 21.2. The van der Waals surface area contributed by atoms with Crippen molar-refractivity contribution in [2.24, 2.45) is 0 Å². The van der Waals surface area contributed by atoms with Gasteiger partial charge >= 0.3 is 5.97 Å². The number of fused-ring (bicyclic) bond motifs is 1. The van der Waals surface area contributed by atoms with Crippen molar-refractivity contribution < 1.29 is 23.1 Å². The van der Waals surface area contributed by atoms with Crippen molar-refractivity contribution in [2.75, 3.05) is 0 Å². The molecule has 4 rings (SSSR count). The second-order valence-corrected chi connectivity index (χ2v) is 9.35. The molecule has 158 valence electrons. The Bertz CT molecular complexity index is 1380. The summed E-state index contributed by atoms with van der Waals surface area (Å²) in [7, 11) is -4.07. The number of aromatic amines is 1. The molecule has 9 heteroatoms. The molecule has 0 spiro atoms. The molecule has 0 unspecified atom stereocenters. The molecule has 0 amide bonds. The van der Waals surface area contributed by atoms with Crippen LogP contribution in [0.15, 0.2) is 76.5 Å². The first-order valence-corrected chi connectivity index (χ1v) is 11.3. The fourth-order valence-corrected chi connectivity index (χ4v) is 5.35. The summed E-state index contributed by atoms with van der Waals surface area (Å²) in [4.78, 5) is 14.2. The van der Waals surface area contributed by atoms with E-state index in [1.807, 2.05) is 0 Å². The molecule has 0 radical (unpaired) electrons. The van der Waals surface area contributed by atoms with E-state index in [0.717, 1.165) is 0 Å². The van der Waals surface area contributed by atoms with Crippen LogP contribution in [0.25, 0.3) is 10.9 Å². The quantitative estimate of drug-likeness (QED) is 0.379. The summed E-state index contributed by atoms with van der Waals surface area (Å²) in [6.45, 7) is 0.0890. The molecule has 6 nitrogen and oxygen atoms in total. The van der Waals surface area contributed by atoms with Crippen molar-refractivity contribution in [1.29, 1.82) is 0 Å². The lowest BCUT2D eigenvalue weighted by molar-refractivity contribution is 0.0687. The van der Waals surface area contributed by atoms with Gasteiger partial charge in [-0.3, -0.25) is 0 Å². The zero-order chi connectivity index (χ0) is 22.2. The van der Waals surface area contributed by atoms with Crippen LogP contribution in [-0.4, -0.2) is 24.5 Å². The van der Waals surface area contributed by atoms with Gasteiger partial charge < -0.3 is 14.8 Å². The van der Waals surface area contributed by atoms with E-state index in [4.69, 9.17) is 27.9 Å². The number of carbonyl (C=O) groups is 1. The number of hydrogen-bond acceptors (Lipinski definition) is 4. The van der Waals surface area contributed by atoms with Crippen molar-refractivity contribution in [3.05, 3.63) is 88.0 Å². The van der Waals surface area contributed by atoms with Crippen LogP contribution >= 0.6 is 23.2 Å². The first-order valence-electron chi connectivity index (χ1n) is 9.04. The predicted molar refractivity (Wildman–Crippen MR) is 118 cm³/mol. The third-order valence-electron chi connectivity index (χ3n) is 4.70. The van der Waals surface area contributed by atoms with Crippen molar-refractivity contribution >= 4 is 49.9 Å². The Morgan fingerprint density at radius 1 is 0.968 bits per heavy atom. The summed E-state index contributed by atoms with van der Waals surface area (Å²) in [6, 6.07) is 17.4. The largest absolute Gasteiger partial charge is 0.489 e. The number of sulfone groups is 1. The van der Waals surface area contributed by atoms with Gasteiger partial charge in [-0.25, -0.2) is 13.2 Å². The van der Waals surface area contributed by atoms with Crippen LogP contribution in [0.5, 0.6) is 5.75 Å². The minimum Gasteiger partial charge on any atom is -0.489 e. The number of benzene rings is 3. The van der Waals surface area contributed by atoms with E-state index in [-0.39, 0.29) is 21.8 Å². The van der Waals surface area contributed by atoms with Gasteiger partial charge in [0, 0.05) is 27.1 Å². The van der Waals surface area contributed by atoms with E-state index in [9.17, 15) is 18.3 Å². The summed E-state index contributed by atoms with van der Waals surface area (Å²) in [5.41, 5.74) is 0.510. The predicted octanol–water partition coefficient (Wildman–Crippen LogP) is 5.58. The average molecular weight is 476 g/mol. The smallest absolute Gasteiger partial charge is 0.353 e. The highest BCUT2D eigenvalue weighted by molar-refractivity contribution is 7.91. The van der Waals surface area contributed by atoms with Gasteiger partial charge in [0.15, 0.2) is 0 Å². The standard InChI is InChI=1S/C22H15Cl2NO5S/c23-17-7-4-8-18(24)16(17)12-30-13-9-10-15-19(11-13)25-20(22(26)27)21(15)31(28,29)14-5-2-1-3-6-14/h1-11,25H,12H2,(H,26,27). The van der Waals surface area contributed by atoms with Crippen LogP contribution in [-0.2, 0) is 16.4 Å². The molecule has 1 heterocycles. The molecular weight excluding hydrogens is 461 g/mol. The van der Waals surface area contributed by atoms with Crippen LogP contribution in [0.2, 0.25) is 10.0 Å². The number of H-pyrrole nitrogens is 1. The molecule has 0 fully saturated rings. The molecule has 0 bridgehead atoms. The van der Waals surface area contributed by atoms with Crippen LogP contribution in [0.1, 0.15) is 16.1 Å². The Morgan fingerprint density at radius 3 is 2.29 bits per heavy atom. The van der Waals surface area contributed by atoms with E-state index in [0.29, 0.717) is 26.9 Å². The molecule has 0 aliphatic heterocycles. The number of nitrogens with one attached hydrogen (secondary N) is 1. The van der Waals surface area contributed by atoms with Crippen molar-refractivity contribution in [1.82, 2.24) is 4.98 Å². The third-order valence-corrected chi connectivity index (χ3v) is 7.27. The van der Waals surface area contributed by atoms with Crippen LogP contribution in [0.4, 0.5) is 0 Å². The lowest BCUT2D eigenvalue weighted by Gasteiger charge is -2.10. The molecule has 1 aromatic heterocycles. The number of carboxylic acids is 1. The molecule has 0 aliphatic carbocycles. The van der Waals surface area contributed by atoms with Gasteiger partial charge in [0.2, 0.25) is 9.84 Å². The SMILES string of the molecule is O=C(O)c1[nH]c2cc(OCc3c(Cl)cccc3Cl)ccc2c1S(=O)(=O)c1ccccc1. The highest BCUT2D eigenvalue weighted by Crippen LogP contribution is 2.34. The Labute approximate surface area is 187 Å². The topological polar surface area (TPSA) is 96.5 Å². The molecular formula is C22H15Cl2NO5S. The van der Waals surface area contributed by atoms with Gasteiger partial charge in [-0.15, -0.1) is 0 Å². The van der Waals surface area contributed by atoms with Crippen LogP contribution in [0, 0.1) is 0 Å². The maximum Gasteiger partial charge on any atom is 0.353 e. The van der Waals surface area contributed by atoms with Crippen LogP contribution in [0.3, 0.4) is 0 Å². The van der Waals surface area contributed by atoms with Crippen molar-refractivity contribution in [3.8, 4) is 5.75 Å². The molecule has 0 aliphatic rings. The van der Waals surface area contributed by atoms with Gasteiger partial charge in [0.25, 0.3) is 0 Å². The lowest BCUT2D eigenvalue weighted by Crippen LogP contribution is -2.08. The number of halogens is 2. The molecule has 3 aromatic carbocycles. The molecule has 31 heavy (non-hydrogen) atoms. The average Bonchev–Trinajstić information content (AvgIpc) is 3.14.